The molecule has 4 heterocycles. The lowest BCUT2D eigenvalue weighted by Crippen LogP contribution is -2.67. The molecule has 166 valence electrons. The minimum Gasteiger partial charge on any atom is -0.497 e. The van der Waals surface area contributed by atoms with Crippen molar-refractivity contribution < 1.29 is 23.8 Å². The summed E-state index contributed by atoms with van der Waals surface area (Å²) in [6, 6.07) is 5.73. The number of hydrogen-bond acceptors (Lipinski definition) is 6. The second kappa shape index (κ2) is 7.26. The van der Waals surface area contributed by atoms with Crippen LogP contribution in [0.3, 0.4) is 0 Å². The van der Waals surface area contributed by atoms with Gasteiger partial charge in [-0.05, 0) is 54.9 Å². The van der Waals surface area contributed by atoms with Gasteiger partial charge in [0.05, 0.1) is 32.5 Å². The van der Waals surface area contributed by atoms with Crippen LogP contribution in [0.15, 0.2) is 18.2 Å². The lowest BCUT2D eigenvalue weighted by atomic mass is 9.56. The van der Waals surface area contributed by atoms with E-state index < -0.39 is 11.5 Å². The third kappa shape index (κ3) is 2.62. The molecule has 0 radical (unpaired) electrons. The van der Waals surface area contributed by atoms with Crippen molar-refractivity contribution in [3.63, 3.8) is 0 Å². The van der Waals surface area contributed by atoms with Gasteiger partial charge in [-0.2, -0.15) is 0 Å². The van der Waals surface area contributed by atoms with E-state index in [9.17, 15) is 9.59 Å². The summed E-state index contributed by atoms with van der Waals surface area (Å²) in [5.74, 6) is 1.27. The maximum Gasteiger partial charge on any atom is 0.418 e. The minimum absolute atomic E-state index is 0.0193. The summed E-state index contributed by atoms with van der Waals surface area (Å²) in [5.41, 5.74) is 1.67. The van der Waals surface area contributed by atoms with Crippen molar-refractivity contribution in [2.45, 2.75) is 44.1 Å². The second-order valence-electron chi connectivity index (χ2n) is 9.14. The normalized spacial score (nSPS) is 31.1. The zero-order chi connectivity index (χ0) is 21.9. The molecule has 3 fully saturated rings. The number of hydrogen-bond donors (Lipinski definition) is 0. The van der Waals surface area contributed by atoms with Crippen LogP contribution in [-0.4, -0.2) is 62.0 Å². The maximum atomic E-state index is 13.7. The van der Waals surface area contributed by atoms with Crippen molar-refractivity contribution in [3.05, 3.63) is 29.5 Å². The molecule has 0 N–H and O–H groups in total. The van der Waals surface area contributed by atoms with Crippen molar-refractivity contribution in [1.82, 2.24) is 9.47 Å². The highest BCUT2D eigenvalue weighted by atomic mass is 16.5. The number of methoxy groups -OCH3 is 3. The molecule has 4 aliphatic rings. The molecular weight excluding hydrogens is 396 g/mol. The van der Waals surface area contributed by atoms with Crippen molar-refractivity contribution in [3.8, 4) is 5.75 Å². The number of esters is 1. The van der Waals surface area contributed by atoms with Gasteiger partial charge in [-0.3, -0.25) is 9.69 Å². The monoisotopic (exact) mass is 426 g/mol. The van der Waals surface area contributed by atoms with E-state index in [0.717, 1.165) is 60.3 Å². The summed E-state index contributed by atoms with van der Waals surface area (Å²) in [4.78, 5) is 29.3. The van der Waals surface area contributed by atoms with Gasteiger partial charge in [0, 0.05) is 24.5 Å². The van der Waals surface area contributed by atoms with E-state index in [1.165, 1.54) is 14.2 Å². The number of piperidine rings is 2. The fourth-order valence-electron chi connectivity index (χ4n) is 6.87. The Morgan fingerprint density at radius 1 is 1.19 bits per heavy atom. The Balaban J connectivity index is 1.89. The molecule has 1 aromatic carbocycles. The van der Waals surface area contributed by atoms with Gasteiger partial charge in [-0.25, -0.2) is 9.36 Å². The van der Waals surface area contributed by atoms with E-state index in [1.54, 1.807) is 11.7 Å². The Bertz CT molecular complexity index is 1060. The lowest BCUT2D eigenvalue weighted by molar-refractivity contribution is -0.162. The van der Waals surface area contributed by atoms with Crippen molar-refractivity contribution >= 4 is 23.0 Å². The zero-order valence-corrected chi connectivity index (χ0v) is 18.6. The van der Waals surface area contributed by atoms with Gasteiger partial charge in [0.2, 0.25) is 0 Å². The van der Waals surface area contributed by atoms with Crippen LogP contribution in [0.25, 0.3) is 10.9 Å². The molecule has 2 aromatic rings. The smallest absolute Gasteiger partial charge is 0.418 e. The molecule has 3 aliphatic heterocycles. The molecule has 0 spiro atoms. The van der Waals surface area contributed by atoms with Gasteiger partial charge < -0.3 is 14.2 Å². The average molecular weight is 427 g/mol. The first-order valence-electron chi connectivity index (χ1n) is 11.1. The van der Waals surface area contributed by atoms with Crippen LogP contribution in [0, 0.1) is 11.8 Å². The van der Waals surface area contributed by atoms with Gasteiger partial charge in [-0.15, -0.1) is 0 Å². The molecule has 1 aromatic heterocycles. The number of carbonyl (C=O) groups excluding carboxylic acids is 2. The van der Waals surface area contributed by atoms with Crippen LogP contribution < -0.4 is 4.74 Å². The van der Waals surface area contributed by atoms with E-state index in [0.29, 0.717) is 18.3 Å². The predicted molar refractivity (Wildman–Crippen MR) is 116 cm³/mol. The number of benzene rings is 1. The van der Waals surface area contributed by atoms with Gasteiger partial charge in [0.15, 0.2) is 0 Å². The summed E-state index contributed by atoms with van der Waals surface area (Å²) < 4.78 is 17.8. The largest absolute Gasteiger partial charge is 0.497 e. The van der Waals surface area contributed by atoms with Gasteiger partial charge in [-0.1, -0.05) is 13.3 Å². The summed E-state index contributed by atoms with van der Waals surface area (Å²) in [6.07, 6.45) is 3.12. The Morgan fingerprint density at radius 2 is 2.00 bits per heavy atom. The number of nitrogens with zero attached hydrogens (tertiary/aromatic N) is 2. The average Bonchev–Trinajstić information content (AvgIpc) is 3.09. The van der Waals surface area contributed by atoms with Crippen LogP contribution >= 0.6 is 0 Å². The standard InChI is InChI=1S/C24H30N2O5/c1-5-15-10-14-12-24(22(27)30-3)20(15)25(13-14)9-8-17-18-11-16(29-2)6-7-19(18)26(21(17)24)23(28)31-4/h6-7,11,14-15,20H,5,8-10,12-13H2,1-4H3/t14-,15?,20?,24-/m0/s1. The van der Waals surface area contributed by atoms with Crippen molar-refractivity contribution in [1.29, 1.82) is 0 Å². The van der Waals surface area contributed by atoms with Crippen molar-refractivity contribution in [2.24, 2.45) is 11.8 Å². The summed E-state index contributed by atoms with van der Waals surface area (Å²) in [6.45, 7) is 4.07. The molecule has 5 atom stereocenters. The molecular formula is C24H30N2O5. The molecule has 0 amide bonds. The first kappa shape index (κ1) is 20.4. The van der Waals surface area contributed by atoms with E-state index >= 15 is 0 Å². The summed E-state index contributed by atoms with van der Waals surface area (Å²) in [7, 11) is 4.49. The van der Waals surface area contributed by atoms with Crippen LogP contribution in [0.5, 0.6) is 5.75 Å². The lowest BCUT2D eigenvalue weighted by Gasteiger charge is -2.58. The molecule has 3 unspecified atom stereocenters. The number of rotatable bonds is 3. The topological polar surface area (TPSA) is 70.0 Å². The SMILES string of the molecule is CCC1C[C@@H]2CN3CCc4c(n(C(=O)OC)c5ccc(OC)cc45)[C@](C(=O)OC)(C2)C13. The fourth-order valence-corrected chi connectivity index (χ4v) is 6.87. The Hall–Kier alpha value is -2.54. The first-order valence-corrected chi connectivity index (χ1v) is 11.1. The summed E-state index contributed by atoms with van der Waals surface area (Å²) >= 11 is 0. The molecule has 1 aliphatic carbocycles. The summed E-state index contributed by atoms with van der Waals surface area (Å²) in [5, 5.41) is 0.945. The third-order valence-corrected chi connectivity index (χ3v) is 7.87. The van der Waals surface area contributed by atoms with Crippen LogP contribution in [0.1, 0.15) is 37.4 Å². The quantitative estimate of drug-likeness (QED) is 0.701. The number of ether oxygens (including phenoxy) is 3. The highest BCUT2D eigenvalue weighted by molar-refractivity contribution is 5.98. The molecule has 1 saturated carbocycles. The third-order valence-electron chi connectivity index (χ3n) is 7.87. The number of aromatic nitrogens is 1. The van der Waals surface area contributed by atoms with Gasteiger partial charge >= 0.3 is 12.1 Å². The minimum atomic E-state index is -0.886. The molecule has 2 saturated heterocycles. The predicted octanol–water partition coefficient (Wildman–Crippen LogP) is 3.35. The number of fused-ring (bicyclic) bond motifs is 4. The Morgan fingerprint density at radius 3 is 2.68 bits per heavy atom. The fraction of sp³-hybridized carbons (Fsp3) is 0.583. The van der Waals surface area contributed by atoms with E-state index in [4.69, 9.17) is 14.2 Å². The Kier molecular flexibility index (Phi) is 4.77. The van der Waals surface area contributed by atoms with Crippen LogP contribution in [0.4, 0.5) is 4.79 Å². The number of carbonyl (C=O) groups is 2. The molecule has 6 rings (SSSR count). The molecule has 31 heavy (non-hydrogen) atoms. The highest BCUT2D eigenvalue weighted by Gasteiger charge is 2.63. The van der Waals surface area contributed by atoms with Crippen LogP contribution in [0.2, 0.25) is 0 Å². The van der Waals surface area contributed by atoms with E-state index in [2.05, 4.69) is 11.8 Å². The maximum absolute atomic E-state index is 13.7. The molecule has 4 bridgehead atoms. The van der Waals surface area contributed by atoms with Gasteiger partial charge in [0.1, 0.15) is 11.2 Å². The van der Waals surface area contributed by atoms with Gasteiger partial charge in [0.25, 0.3) is 0 Å². The molecule has 7 nitrogen and oxygen atoms in total. The van der Waals surface area contributed by atoms with Crippen molar-refractivity contribution in [2.75, 3.05) is 34.4 Å². The second-order valence-corrected chi connectivity index (χ2v) is 9.14. The van der Waals surface area contributed by atoms with Crippen LogP contribution in [-0.2, 0) is 26.1 Å². The van der Waals surface area contributed by atoms with E-state index in [-0.39, 0.29) is 12.0 Å². The molecule has 7 heteroatoms. The first-order chi connectivity index (χ1) is 15.0. The van der Waals surface area contributed by atoms with E-state index in [1.807, 2.05) is 18.2 Å². The zero-order valence-electron chi connectivity index (χ0n) is 18.6. The Labute approximate surface area is 182 Å². The highest BCUT2D eigenvalue weighted by Crippen LogP contribution is 2.56.